The van der Waals surface area contributed by atoms with Crippen LogP contribution in [0.2, 0.25) is 0 Å². The van der Waals surface area contributed by atoms with E-state index in [2.05, 4.69) is 38.0 Å². The standard InChI is InChI=1S/C13H20N2O/c1-10(13(2,3)4)8-12(16)15-11-6-5-7-14-9-11/h5-7,9-10H,8H2,1-4H3,(H,15,16)/t10-/m1/s1. The van der Waals surface area contributed by atoms with Crippen LogP contribution < -0.4 is 5.32 Å². The highest BCUT2D eigenvalue weighted by molar-refractivity contribution is 5.90. The highest BCUT2D eigenvalue weighted by Crippen LogP contribution is 2.28. The molecule has 0 spiro atoms. The molecule has 1 aromatic rings. The van der Waals surface area contributed by atoms with Crippen LogP contribution in [0.4, 0.5) is 5.69 Å². The molecular formula is C13H20N2O. The van der Waals surface area contributed by atoms with E-state index in [1.807, 2.05) is 12.1 Å². The van der Waals surface area contributed by atoms with Gasteiger partial charge in [-0.2, -0.15) is 0 Å². The second-order valence-electron chi connectivity index (χ2n) is 5.26. The summed E-state index contributed by atoms with van der Waals surface area (Å²) in [5, 5.41) is 2.84. The number of nitrogens with one attached hydrogen (secondary N) is 1. The normalized spacial score (nSPS) is 13.2. The Hall–Kier alpha value is -1.38. The average molecular weight is 220 g/mol. The van der Waals surface area contributed by atoms with Crippen molar-refractivity contribution in [2.45, 2.75) is 34.1 Å². The summed E-state index contributed by atoms with van der Waals surface area (Å²) in [7, 11) is 0. The van der Waals surface area contributed by atoms with E-state index in [1.54, 1.807) is 12.4 Å². The summed E-state index contributed by atoms with van der Waals surface area (Å²) in [6.07, 6.45) is 3.88. The van der Waals surface area contributed by atoms with Crippen molar-refractivity contribution in [2.24, 2.45) is 11.3 Å². The van der Waals surface area contributed by atoms with Crippen LogP contribution in [-0.2, 0) is 4.79 Å². The minimum absolute atomic E-state index is 0.0513. The Morgan fingerprint density at radius 3 is 2.69 bits per heavy atom. The van der Waals surface area contributed by atoms with Gasteiger partial charge in [0.2, 0.25) is 5.91 Å². The largest absolute Gasteiger partial charge is 0.325 e. The first-order valence-electron chi connectivity index (χ1n) is 5.59. The number of rotatable bonds is 3. The lowest BCUT2D eigenvalue weighted by Crippen LogP contribution is -2.23. The molecule has 0 radical (unpaired) electrons. The molecule has 0 fully saturated rings. The van der Waals surface area contributed by atoms with E-state index in [9.17, 15) is 4.79 Å². The summed E-state index contributed by atoms with van der Waals surface area (Å²) in [5.41, 5.74) is 0.917. The predicted molar refractivity (Wildman–Crippen MR) is 66.1 cm³/mol. The summed E-state index contributed by atoms with van der Waals surface area (Å²) >= 11 is 0. The van der Waals surface area contributed by atoms with Gasteiger partial charge in [0.15, 0.2) is 0 Å². The molecule has 1 aromatic heterocycles. The fourth-order valence-corrected chi connectivity index (χ4v) is 1.23. The lowest BCUT2D eigenvalue weighted by Gasteiger charge is -2.26. The molecule has 0 aliphatic heterocycles. The number of pyridine rings is 1. The molecule has 0 bridgehead atoms. The third-order valence-electron chi connectivity index (χ3n) is 2.92. The zero-order valence-electron chi connectivity index (χ0n) is 10.4. The third kappa shape index (κ3) is 4.01. The average Bonchev–Trinajstić information content (AvgIpc) is 2.17. The summed E-state index contributed by atoms with van der Waals surface area (Å²) < 4.78 is 0. The molecule has 0 aliphatic rings. The number of amides is 1. The number of aromatic nitrogens is 1. The molecule has 0 saturated heterocycles. The number of carbonyl (C=O) groups is 1. The topological polar surface area (TPSA) is 42.0 Å². The van der Waals surface area contributed by atoms with Gasteiger partial charge in [-0.15, -0.1) is 0 Å². The van der Waals surface area contributed by atoms with Crippen molar-refractivity contribution in [2.75, 3.05) is 5.32 Å². The molecule has 0 unspecified atom stereocenters. The Balaban J connectivity index is 2.49. The van der Waals surface area contributed by atoms with Gasteiger partial charge in [0, 0.05) is 12.6 Å². The van der Waals surface area contributed by atoms with Gasteiger partial charge in [0.1, 0.15) is 0 Å². The maximum Gasteiger partial charge on any atom is 0.224 e. The smallest absolute Gasteiger partial charge is 0.224 e. The van der Waals surface area contributed by atoms with Crippen LogP contribution in [-0.4, -0.2) is 10.9 Å². The van der Waals surface area contributed by atoms with Crippen LogP contribution in [0.1, 0.15) is 34.1 Å². The molecule has 16 heavy (non-hydrogen) atoms. The highest BCUT2D eigenvalue weighted by Gasteiger charge is 2.22. The molecule has 0 aliphatic carbocycles. The number of hydrogen-bond acceptors (Lipinski definition) is 2. The van der Waals surface area contributed by atoms with Crippen LogP contribution in [0.3, 0.4) is 0 Å². The van der Waals surface area contributed by atoms with Crippen molar-refractivity contribution >= 4 is 11.6 Å². The maximum absolute atomic E-state index is 11.7. The van der Waals surface area contributed by atoms with E-state index in [4.69, 9.17) is 0 Å². The third-order valence-corrected chi connectivity index (χ3v) is 2.92. The molecule has 3 nitrogen and oxygen atoms in total. The molecule has 1 amide bonds. The Kier molecular flexibility index (Phi) is 4.05. The number of hydrogen-bond donors (Lipinski definition) is 1. The Labute approximate surface area is 97.3 Å². The molecule has 88 valence electrons. The zero-order valence-corrected chi connectivity index (χ0v) is 10.4. The van der Waals surface area contributed by atoms with Gasteiger partial charge in [-0.05, 0) is 23.5 Å². The van der Waals surface area contributed by atoms with Gasteiger partial charge in [-0.1, -0.05) is 27.7 Å². The maximum atomic E-state index is 11.7. The highest BCUT2D eigenvalue weighted by atomic mass is 16.1. The molecule has 0 saturated carbocycles. The first-order chi connectivity index (χ1) is 7.39. The zero-order chi connectivity index (χ0) is 12.2. The van der Waals surface area contributed by atoms with E-state index in [1.165, 1.54) is 0 Å². The van der Waals surface area contributed by atoms with Crippen LogP contribution in [0.5, 0.6) is 0 Å². The molecular weight excluding hydrogens is 200 g/mol. The van der Waals surface area contributed by atoms with Crippen molar-refractivity contribution in [3.63, 3.8) is 0 Å². The Morgan fingerprint density at radius 1 is 1.50 bits per heavy atom. The van der Waals surface area contributed by atoms with Gasteiger partial charge in [0.05, 0.1) is 11.9 Å². The lowest BCUT2D eigenvalue weighted by atomic mass is 9.80. The van der Waals surface area contributed by atoms with Crippen molar-refractivity contribution in [3.05, 3.63) is 24.5 Å². The summed E-state index contributed by atoms with van der Waals surface area (Å²) in [4.78, 5) is 15.7. The van der Waals surface area contributed by atoms with Gasteiger partial charge >= 0.3 is 0 Å². The SMILES string of the molecule is C[C@H](CC(=O)Nc1cccnc1)C(C)(C)C. The molecule has 1 N–H and O–H groups in total. The second-order valence-corrected chi connectivity index (χ2v) is 5.26. The van der Waals surface area contributed by atoms with Crippen molar-refractivity contribution in [3.8, 4) is 0 Å². The van der Waals surface area contributed by atoms with Gasteiger partial charge < -0.3 is 5.32 Å². The van der Waals surface area contributed by atoms with Crippen molar-refractivity contribution in [1.29, 1.82) is 0 Å². The van der Waals surface area contributed by atoms with Crippen molar-refractivity contribution in [1.82, 2.24) is 4.98 Å². The Bertz CT molecular complexity index is 341. The van der Waals surface area contributed by atoms with Crippen LogP contribution in [0.15, 0.2) is 24.5 Å². The lowest BCUT2D eigenvalue weighted by molar-refractivity contribution is -0.117. The predicted octanol–water partition coefficient (Wildman–Crippen LogP) is 3.09. The molecule has 0 aromatic carbocycles. The van der Waals surface area contributed by atoms with Crippen LogP contribution in [0, 0.1) is 11.3 Å². The fourth-order valence-electron chi connectivity index (χ4n) is 1.23. The van der Waals surface area contributed by atoms with Gasteiger partial charge in [-0.3, -0.25) is 9.78 Å². The number of carbonyl (C=O) groups excluding carboxylic acids is 1. The van der Waals surface area contributed by atoms with E-state index in [-0.39, 0.29) is 11.3 Å². The first-order valence-corrected chi connectivity index (χ1v) is 5.59. The quantitative estimate of drug-likeness (QED) is 0.850. The second kappa shape index (κ2) is 5.10. The van der Waals surface area contributed by atoms with Crippen molar-refractivity contribution < 1.29 is 4.79 Å². The van der Waals surface area contributed by atoms with E-state index in [0.717, 1.165) is 5.69 Å². The van der Waals surface area contributed by atoms with E-state index in [0.29, 0.717) is 12.3 Å². The van der Waals surface area contributed by atoms with Gasteiger partial charge in [-0.25, -0.2) is 0 Å². The molecule has 1 rings (SSSR count). The molecule has 1 atom stereocenters. The Morgan fingerprint density at radius 2 is 2.19 bits per heavy atom. The van der Waals surface area contributed by atoms with Crippen LogP contribution >= 0.6 is 0 Å². The summed E-state index contributed by atoms with van der Waals surface area (Å²) in [6, 6.07) is 3.65. The van der Waals surface area contributed by atoms with Crippen LogP contribution in [0.25, 0.3) is 0 Å². The minimum atomic E-state index is 0.0513. The number of nitrogens with zero attached hydrogens (tertiary/aromatic N) is 1. The summed E-state index contributed by atoms with van der Waals surface area (Å²) in [5.74, 6) is 0.402. The summed E-state index contributed by atoms with van der Waals surface area (Å²) in [6.45, 7) is 8.54. The van der Waals surface area contributed by atoms with E-state index >= 15 is 0 Å². The first kappa shape index (κ1) is 12.7. The van der Waals surface area contributed by atoms with E-state index < -0.39 is 0 Å². The molecule has 1 heterocycles. The monoisotopic (exact) mass is 220 g/mol. The van der Waals surface area contributed by atoms with Gasteiger partial charge in [0.25, 0.3) is 0 Å². The minimum Gasteiger partial charge on any atom is -0.325 e. The number of anilines is 1. The molecule has 3 heteroatoms. The fraction of sp³-hybridized carbons (Fsp3) is 0.538.